The Morgan fingerprint density at radius 3 is 2.24 bits per heavy atom. The van der Waals surface area contributed by atoms with E-state index in [1.165, 1.54) is 38.5 Å². The van der Waals surface area contributed by atoms with Crippen molar-refractivity contribution in [2.24, 2.45) is 17.8 Å². The molecule has 0 amide bonds. The highest BCUT2D eigenvalue weighted by molar-refractivity contribution is 4.89. The zero-order valence-corrected chi connectivity index (χ0v) is 12.5. The lowest BCUT2D eigenvalue weighted by molar-refractivity contribution is -0.186. The van der Waals surface area contributed by atoms with E-state index in [9.17, 15) is 0 Å². The lowest BCUT2D eigenvalue weighted by Gasteiger charge is -2.47. The molecule has 0 spiro atoms. The molecular formula is C16H32O. The molecule has 0 radical (unpaired) electrons. The maximum atomic E-state index is 5.80. The predicted octanol–water partition coefficient (Wildman–Crippen LogP) is 5.04. The molecule has 0 N–H and O–H groups in total. The van der Waals surface area contributed by atoms with Gasteiger partial charge in [-0.25, -0.2) is 0 Å². The fourth-order valence-electron chi connectivity index (χ4n) is 3.32. The molecule has 2 aliphatic heterocycles. The summed E-state index contributed by atoms with van der Waals surface area (Å²) in [7, 11) is 0. The Hall–Kier alpha value is -0.0400. The molecule has 2 bridgehead atoms. The highest BCUT2D eigenvalue weighted by Crippen LogP contribution is 2.41. The third-order valence-electron chi connectivity index (χ3n) is 4.15. The monoisotopic (exact) mass is 240 g/mol. The SMILES string of the molecule is CC.CC(C)CC(C)CCC1CCC2CC1O2. The van der Waals surface area contributed by atoms with Crippen molar-refractivity contribution in [1.82, 2.24) is 0 Å². The molecule has 1 heteroatoms. The molecule has 0 aromatic carbocycles. The Morgan fingerprint density at radius 2 is 1.76 bits per heavy atom. The molecule has 1 aliphatic carbocycles. The summed E-state index contributed by atoms with van der Waals surface area (Å²) in [5.74, 6) is 2.66. The first-order valence-corrected chi connectivity index (χ1v) is 7.80. The van der Waals surface area contributed by atoms with Crippen molar-refractivity contribution in [2.75, 3.05) is 0 Å². The molecule has 4 unspecified atom stereocenters. The molecular weight excluding hydrogens is 208 g/mol. The van der Waals surface area contributed by atoms with Crippen molar-refractivity contribution < 1.29 is 4.74 Å². The van der Waals surface area contributed by atoms with Crippen LogP contribution in [0.5, 0.6) is 0 Å². The van der Waals surface area contributed by atoms with Crippen molar-refractivity contribution >= 4 is 0 Å². The second kappa shape index (κ2) is 7.41. The summed E-state index contributed by atoms with van der Waals surface area (Å²) in [5.41, 5.74) is 0. The normalized spacial score (nSPS) is 32.5. The largest absolute Gasteiger partial charge is 0.375 e. The Bertz CT molecular complexity index is 191. The Labute approximate surface area is 108 Å². The van der Waals surface area contributed by atoms with Gasteiger partial charge < -0.3 is 4.74 Å². The van der Waals surface area contributed by atoms with Gasteiger partial charge in [-0.3, -0.25) is 0 Å². The minimum Gasteiger partial charge on any atom is -0.375 e. The quantitative estimate of drug-likeness (QED) is 0.654. The van der Waals surface area contributed by atoms with Crippen LogP contribution in [0.2, 0.25) is 0 Å². The van der Waals surface area contributed by atoms with Gasteiger partial charge in [0.05, 0.1) is 12.2 Å². The van der Waals surface area contributed by atoms with Crippen LogP contribution in [0.25, 0.3) is 0 Å². The summed E-state index contributed by atoms with van der Waals surface area (Å²) >= 11 is 0. The average molecular weight is 240 g/mol. The Morgan fingerprint density at radius 1 is 1.12 bits per heavy atom. The lowest BCUT2D eigenvalue weighted by Crippen LogP contribution is -2.47. The smallest absolute Gasteiger partial charge is 0.0631 e. The number of ether oxygens (including phenoxy) is 1. The lowest BCUT2D eigenvalue weighted by atomic mass is 9.76. The zero-order chi connectivity index (χ0) is 12.8. The van der Waals surface area contributed by atoms with E-state index in [0.717, 1.165) is 17.8 Å². The van der Waals surface area contributed by atoms with Crippen LogP contribution in [0, 0.1) is 17.8 Å². The maximum Gasteiger partial charge on any atom is 0.0631 e. The number of fused-ring (bicyclic) bond motifs is 2. The summed E-state index contributed by atoms with van der Waals surface area (Å²) < 4.78 is 5.80. The fraction of sp³-hybridized carbons (Fsp3) is 1.00. The summed E-state index contributed by atoms with van der Waals surface area (Å²) in [4.78, 5) is 0. The fourth-order valence-corrected chi connectivity index (χ4v) is 3.32. The first-order chi connectivity index (χ1) is 8.15. The van der Waals surface area contributed by atoms with Gasteiger partial charge in [0.25, 0.3) is 0 Å². The van der Waals surface area contributed by atoms with E-state index in [4.69, 9.17) is 4.74 Å². The van der Waals surface area contributed by atoms with E-state index in [0.29, 0.717) is 12.2 Å². The van der Waals surface area contributed by atoms with Crippen LogP contribution in [0.4, 0.5) is 0 Å². The van der Waals surface area contributed by atoms with Crippen LogP contribution in [0.15, 0.2) is 0 Å². The van der Waals surface area contributed by atoms with Crippen LogP contribution < -0.4 is 0 Å². The van der Waals surface area contributed by atoms with Crippen LogP contribution in [-0.2, 0) is 4.74 Å². The van der Waals surface area contributed by atoms with Gasteiger partial charge in [-0.05, 0) is 43.4 Å². The van der Waals surface area contributed by atoms with E-state index < -0.39 is 0 Å². The molecule has 17 heavy (non-hydrogen) atoms. The Balaban J connectivity index is 0.000000686. The second-order valence-electron chi connectivity index (χ2n) is 6.18. The first-order valence-electron chi connectivity index (χ1n) is 7.80. The molecule has 3 rings (SSSR count). The van der Waals surface area contributed by atoms with Gasteiger partial charge in [-0.2, -0.15) is 0 Å². The maximum absolute atomic E-state index is 5.80. The molecule has 1 nitrogen and oxygen atoms in total. The van der Waals surface area contributed by atoms with Crippen molar-refractivity contribution in [2.45, 2.75) is 85.4 Å². The number of hydrogen-bond acceptors (Lipinski definition) is 1. The molecule has 0 aromatic heterocycles. The summed E-state index contributed by atoms with van der Waals surface area (Å²) in [6, 6.07) is 0. The Kier molecular flexibility index (Phi) is 6.54. The summed E-state index contributed by atoms with van der Waals surface area (Å²) in [6.07, 6.45) is 9.64. The number of hydrogen-bond donors (Lipinski definition) is 0. The van der Waals surface area contributed by atoms with Gasteiger partial charge in [0.1, 0.15) is 0 Å². The molecule has 3 aliphatic rings. The van der Waals surface area contributed by atoms with Crippen molar-refractivity contribution in [3.05, 3.63) is 0 Å². The minimum absolute atomic E-state index is 0.648. The molecule has 1 saturated carbocycles. The first kappa shape index (κ1) is 15.0. The third kappa shape index (κ3) is 4.62. The number of rotatable bonds is 5. The molecule has 2 saturated heterocycles. The standard InChI is InChI=1S/C14H26O.C2H6/c1-10(2)8-11(3)4-5-12-6-7-13-9-14(12)15-13;1-2/h10-14H,4-9H2,1-3H3;1-2H3. The second-order valence-corrected chi connectivity index (χ2v) is 6.18. The van der Waals surface area contributed by atoms with E-state index in [2.05, 4.69) is 20.8 Å². The minimum atomic E-state index is 0.648. The molecule has 2 heterocycles. The van der Waals surface area contributed by atoms with Gasteiger partial charge >= 0.3 is 0 Å². The van der Waals surface area contributed by atoms with E-state index in [-0.39, 0.29) is 0 Å². The van der Waals surface area contributed by atoms with Crippen LogP contribution >= 0.6 is 0 Å². The van der Waals surface area contributed by atoms with Crippen LogP contribution in [0.3, 0.4) is 0 Å². The average Bonchev–Trinajstić information content (AvgIpc) is 2.27. The molecule has 3 fully saturated rings. The summed E-state index contributed by atoms with van der Waals surface area (Å²) in [6.45, 7) is 11.1. The van der Waals surface area contributed by atoms with E-state index in [1.807, 2.05) is 13.8 Å². The van der Waals surface area contributed by atoms with Crippen molar-refractivity contribution in [3.8, 4) is 0 Å². The predicted molar refractivity (Wildman–Crippen MR) is 75.2 cm³/mol. The third-order valence-corrected chi connectivity index (χ3v) is 4.15. The molecule has 0 aromatic rings. The van der Waals surface area contributed by atoms with Crippen molar-refractivity contribution in [3.63, 3.8) is 0 Å². The van der Waals surface area contributed by atoms with Gasteiger partial charge in [0, 0.05) is 6.42 Å². The van der Waals surface area contributed by atoms with Crippen LogP contribution in [0.1, 0.15) is 73.1 Å². The van der Waals surface area contributed by atoms with Gasteiger partial charge in [-0.15, -0.1) is 0 Å². The zero-order valence-electron chi connectivity index (χ0n) is 12.5. The highest BCUT2D eigenvalue weighted by Gasteiger charge is 2.40. The van der Waals surface area contributed by atoms with Gasteiger partial charge in [-0.1, -0.05) is 41.0 Å². The van der Waals surface area contributed by atoms with Crippen LogP contribution in [-0.4, -0.2) is 12.2 Å². The highest BCUT2D eigenvalue weighted by atomic mass is 16.5. The summed E-state index contributed by atoms with van der Waals surface area (Å²) in [5, 5.41) is 0. The van der Waals surface area contributed by atoms with E-state index >= 15 is 0 Å². The molecule has 4 atom stereocenters. The van der Waals surface area contributed by atoms with Gasteiger partial charge in [0.15, 0.2) is 0 Å². The van der Waals surface area contributed by atoms with E-state index in [1.54, 1.807) is 0 Å². The molecule has 102 valence electrons. The van der Waals surface area contributed by atoms with Gasteiger partial charge in [0.2, 0.25) is 0 Å². The van der Waals surface area contributed by atoms with Crippen molar-refractivity contribution in [1.29, 1.82) is 0 Å². The topological polar surface area (TPSA) is 9.23 Å².